The van der Waals surface area contributed by atoms with Crippen molar-refractivity contribution in [2.75, 3.05) is 18.4 Å². The first kappa shape index (κ1) is 11.0. The van der Waals surface area contributed by atoms with Gasteiger partial charge in [-0.2, -0.15) is 0 Å². The highest BCUT2D eigenvalue weighted by Crippen LogP contribution is 2.10. The molecule has 0 aliphatic heterocycles. The van der Waals surface area contributed by atoms with Crippen molar-refractivity contribution in [2.24, 2.45) is 5.92 Å². The zero-order valence-corrected chi connectivity index (χ0v) is 8.68. The first-order valence-electron chi connectivity index (χ1n) is 4.79. The van der Waals surface area contributed by atoms with E-state index in [4.69, 9.17) is 4.74 Å². The zero-order chi connectivity index (χ0) is 10.4. The van der Waals surface area contributed by atoms with Gasteiger partial charge in [0.15, 0.2) is 0 Å². The maximum atomic E-state index is 9.54. The van der Waals surface area contributed by atoms with Gasteiger partial charge in [0.1, 0.15) is 6.73 Å². The van der Waals surface area contributed by atoms with E-state index in [1.54, 1.807) is 0 Å². The minimum absolute atomic E-state index is 0.211. The number of hydroxylamine groups is 1. The number of hydrogen-bond acceptors (Lipinski definition) is 3. The SMILES string of the molecule is CC(C)COCN(O)c1ccccc1. The summed E-state index contributed by atoms with van der Waals surface area (Å²) in [5, 5.41) is 10.6. The molecule has 1 N–H and O–H groups in total. The van der Waals surface area contributed by atoms with Crippen LogP contribution in [-0.2, 0) is 4.74 Å². The Hall–Kier alpha value is -1.06. The molecular weight excluding hydrogens is 178 g/mol. The van der Waals surface area contributed by atoms with Crippen LogP contribution >= 0.6 is 0 Å². The van der Waals surface area contributed by atoms with Gasteiger partial charge in [-0.3, -0.25) is 5.21 Å². The van der Waals surface area contributed by atoms with Crippen LogP contribution in [0.4, 0.5) is 5.69 Å². The van der Waals surface area contributed by atoms with Gasteiger partial charge in [0.05, 0.1) is 12.3 Å². The third-order valence-corrected chi connectivity index (χ3v) is 1.72. The topological polar surface area (TPSA) is 32.7 Å². The first-order chi connectivity index (χ1) is 6.70. The molecule has 0 saturated heterocycles. The second-order valence-electron chi connectivity index (χ2n) is 3.63. The third-order valence-electron chi connectivity index (χ3n) is 1.72. The lowest BCUT2D eigenvalue weighted by Crippen LogP contribution is -2.22. The van der Waals surface area contributed by atoms with E-state index in [-0.39, 0.29) is 6.73 Å². The maximum Gasteiger partial charge on any atom is 0.143 e. The number of hydrogen-bond donors (Lipinski definition) is 1. The Bertz CT molecular complexity index is 249. The number of benzene rings is 1. The number of anilines is 1. The maximum absolute atomic E-state index is 9.54. The van der Waals surface area contributed by atoms with Crippen LogP contribution in [0.15, 0.2) is 30.3 Å². The Kier molecular flexibility index (Phi) is 4.43. The minimum Gasteiger partial charge on any atom is -0.359 e. The molecule has 0 radical (unpaired) electrons. The summed E-state index contributed by atoms with van der Waals surface area (Å²) in [6.45, 7) is 5.01. The standard InChI is InChI=1S/C11H17NO2/c1-10(2)8-14-9-12(13)11-6-4-3-5-7-11/h3-7,10,13H,8-9H2,1-2H3. The van der Waals surface area contributed by atoms with Crippen LogP contribution in [0.5, 0.6) is 0 Å². The quantitative estimate of drug-likeness (QED) is 0.579. The Morgan fingerprint density at radius 2 is 1.93 bits per heavy atom. The van der Waals surface area contributed by atoms with Crippen molar-refractivity contribution in [1.82, 2.24) is 0 Å². The van der Waals surface area contributed by atoms with Gasteiger partial charge in [-0.1, -0.05) is 32.0 Å². The molecular formula is C11H17NO2. The molecule has 1 aromatic rings. The molecule has 0 aliphatic carbocycles. The van der Waals surface area contributed by atoms with Gasteiger partial charge in [-0.25, -0.2) is 5.06 Å². The van der Waals surface area contributed by atoms with Gasteiger partial charge in [0, 0.05) is 0 Å². The van der Waals surface area contributed by atoms with Crippen LogP contribution in [0.3, 0.4) is 0 Å². The summed E-state index contributed by atoms with van der Waals surface area (Å²) in [4.78, 5) is 0. The Labute approximate surface area is 84.9 Å². The number of para-hydroxylation sites is 1. The molecule has 0 aromatic heterocycles. The average Bonchev–Trinajstić information content (AvgIpc) is 2.18. The second-order valence-corrected chi connectivity index (χ2v) is 3.63. The highest BCUT2D eigenvalue weighted by atomic mass is 16.6. The molecule has 14 heavy (non-hydrogen) atoms. The number of ether oxygens (including phenoxy) is 1. The van der Waals surface area contributed by atoms with Gasteiger partial charge in [0.2, 0.25) is 0 Å². The van der Waals surface area contributed by atoms with Crippen LogP contribution < -0.4 is 5.06 Å². The second kappa shape index (κ2) is 5.62. The molecule has 0 unspecified atom stereocenters. The molecule has 0 bridgehead atoms. The molecule has 0 saturated carbocycles. The molecule has 0 amide bonds. The van der Waals surface area contributed by atoms with E-state index in [1.165, 1.54) is 0 Å². The van der Waals surface area contributed by atoms with E-state index in [9.17, 15) is 5.21 Å². The summed E-state index contributed by atoms with van der Waals surface area (Å²) in [5.74, 6) is 0.485. The summed E-state index contributed by atoms with van der Waals surface area (Å²) in [5.41, 5.74) is 0.747. The van der Waals surface area contributed by atoms with Gasteiger partial charge in [-0.15, -0.1) is 0 Å². The van der Waals surface area contributed by atoms with Crippen molar-refractivity contribution in [1.29, 1.82) is 0 Å². The van der Waals surface area contributed by atoms with E-state index < -0.39 is 0 Å². The van der Waals surface area contributed by atoms with Gasteiger partial charge >= 0.3 is 0 Å². The number of nitrogens with zero attached hydrogens (tertiary/aromatic N) is 1. The summed E-state index contributed by atoms with van der Waals surface area (Å²) >= 11 is 0. The molecule has 0 heterocycles. The van der Waals surface area contributed by atoms with Crippen molar-refractivity contribution in [3.05, 3.63) is 30.3 Å². The Balaban J connectivity index is 2.32. The fraction of sp³-hybridized carbons (Fsp3) is 0.455. The van der Waals surface area contributed by atoms with Crippen LogP contribution in [0.1, 0.15) is 13.8 Å². The monoisotopic (exact) mass is 195 g/mol. The molecule has 0 spiro atoms. The third kappa shape index (κ3) is 3.77. The van der Waals surface area contributed by atoms with Gasteiger partial charge < -0.3 is 4.74 Å². The summed E-state index contributed by atoms with van der Waals surface area (Å²) in [6, 6.07) is 9.33. The average molecular weight is 195 g/mol. The molecule has 1 rings (SSSR count). The predicted molar refractivity (Wildman–Crippen MR) is 56.4 cm³/mol. The summed E-state index contributed by atoms with van der Waals surface area (Å²) in [7, 11) is 0. The van der Waals surface area contributed by atoms with Crippen molar-refractivity contribution >= 4 is 5.69 Å². The lowest BCUT2D eigenvalue weighted by molar-refractivity contribution is 0.0576. The summed E-state index contributed by atoms with van der Waals surface area (Å²) in [6.07, 6.45) is 0. The van der Waals surface area contributed by atoms with Crippen molar-refractivity contribution < 1.29 is 9.94 Å². The van der Waals surface area contributed by atoms with Gasteiger partial charge in [-0.05, 0) is 18.1 Å². The van der Waals surface area contributed by atoms with E-state index in [2.05, 4.69) is 13.8 Å². The molecule has 3 nitrogen and oxygen atoms in total. The van der Waals surface area contributed by atoms with Crippen molar-refractivity contribution in [2.45, 2.75) is 13.8 Å². The highest BCUT2D eigenvalue weighted by molar-refractivity contribution is 5.42. The van der Waals surface area contributed by atoms with Crippen molar-refractivity contribution in [3.63, 3.8) is 0 Å². The Morgan fingerprint density at radius 1 is 1.29 bits per heavy atom. The van der Waals surface area contributed by atoms with Crippen LogP contribution in [-0.4, -0.2) is 18.5 Å². The predicted octanol–water partition coefficient (Wildman–Crippen LogP) is 2.51. The van der Waals surface area contributed by atoms with Crippen LogP contribution in [0.25, 0.3) is 0 Å². The molecule has 3 heteroatoms. The van der Waals surface area contributed by atoms with Crippen LogP contribution in [0.2, 0.25) is 0 Å². The zero-order valence-electron chi connectivity index (χ0n) is 8.68. The fourth-order valence-electron chi connectivity index (χ4n) is 1.05. The molecule has 78 valence electrons. The van der Waals surface area contributed by atoms with Gasteiger partial charge in [0.25, 0.3) is 0 Å². The van der Waals surface area contributed by atoms with E-state index in [1.807, 2.05) is 30.3 Å². The van der Waals surface area contributed by atoms with E-state index in [0.717, 1.165) is 10.8 Å². The summed E-state index contributed by atoms with van der Waals surface area (Å²) < 4.78 is 5.29. The number of rotatable bonds is 5. The van der Waals surface area contributed by atoms with Crippen LogP contribution in [0, 0.1) is 5.92 Å². The minimum atomic E-state index is 0.211. The smallest absolute Gasteiger partial charge is 0.143 e. The Morgan fingerprint density at radius 3 is 2.50 bits per heavy atom. The normalized spacial score (nSPS) is 10.6. The lowest BCUT2D eigenvalue weighted by Gasteiger charge is -2.17. The lowest BCUT2D eigenvalue weighted by atomic mass is 10.2. The first-order valence-corrected chi connectivity index (χ1v) is 4.79. The fourth-order valence-corrected chi connectivity index (χ4v) is 1.05. The van der Waals surface area contributed by atoms with E-state index in [0.29, 0.717) is 12.5 Å². The molecule has 1 aromatic carbocycles. The largest absolute Gasteiger partial charge is 0.359 e. The molecule has 0 atom stereocenters. The highest BCUT2D eigenvalue weighted by Gasteiger charge is 2.01. The molecule has 0 aliphatic rings. The van der Waals surface area contributed by atoms with Crippen molar-refractivity contribution in [3.8, 4) is 0 Å². The van der Waals surface area contributed by atoms with E-state index >= 15 is 0 Å². The molecule has 0 fully saturated rings.